The van der Waals surface area contributed by atoms with Gasteiger partial charge in [0.2, 0.25) is 0 Å². The minimum absolute atomic E-state index is 0.364. The second kappa shape index (κ2) is 4.97. The Morgan fingerprint density at radius 3 is 3.16 bits per heavy atom. The lowest BCUT2D eigenvalue weighted by Gasteiger charge is -2.09. The van der Waals surface area contributed by atoms with Gasteiger partial charge < -0.3 is 4.74 Å². The Morgan fingerprint density at radius 2 is 2.26 bits per heavy atom. The summed E-state index contributed by atoms with van der Waals surface area (Å²) in [5, 5.41) is 0. The minimum atomic E-state index is 0.364. The molecule has 3 rings (SSSR count). The summed E-state index contributed by atoms with van der Waals surface area (Å²) in [6, 6.07) is 3.52. The standard InChI is InChI=1S/C14H11N3O2/c18-8-10-1-3-15-7-14(10)19-9-11-2-4-17-13-6-16-5-12(11)13/h1-5,7-8H,6,9H2. The van der Waals surface area contributed by atoms with E-state index in [0.29, 0.717) is 24.5 Å². The van der Waals surface area contributed by atoms with E-state index in [2.05, 4.69) is 15.0 Å². The Balaban J connectivity index is 1.82. The number of fused-ring (bicyclic) bond motifs is 1. The van der Waals surface area contributed by atoms with Crippen molar-refractivity contribution in [2.75, 3.05) is 0 Å². The van der Waals surface area contributed by atoms with Crippen molar-refractivity contribution in [3.05, 3.63) is 53.1 Å². The molecule has 2 aromatic rings. The zero-order valence-corrected chi connectivity index (χ0v) is 10.1. The molecular formula is C14H11N3O2. The third-order valence-corrected chi connectivity index (χ3v) is 2.95. The van der Waals surface area contributed by atoms with Gasteiger partial charge in [0.1, 0.15) is 12.4 Å². The van der Waals surface area contributed by atoms with E-state index in [9.17, 15) is 4.79 Å². The van der Waals surface area contributed by atoms with Gasteiger partial charge in [-0.2, -0.15) is 0 Å². The van der Waals surface area contributed by atoms with Gasteiger partial charge in [0.25, 0.3) is 0 Å². The predicted octanol–water partition coefficient (Wildman–Crippen LogP) is 1.80. The van der Waals surface area contributed by atoms with Crippen LogP contribution < -0.4 is 4.74 Å². The minimum Gasteiger partial charge on any atom is -0.487 e. The van der Waals surface area contributed by atoms with E-state index in [-0.39, 0.29) is 0 Å². The average Bonchev–Trinajstić information content (AvgIpc) is 2.94. The molecule has 2 aromatic heterocycles. The molecule has 5 heteroatoms. The maximum atomic E-state index is 10.9. The number of aldehydes is 1. The van der Waals surface area contributed by atoms with Crippen LogP contribution in [0.3, 0.4) is 0 Å². The fourth-order valence-corrected chi connectivity index (χ4v) is 1.96. The molecule has 0 spiro atoms. The lowest BCUT2D eigenvalue weighted by Crippen LogP contribution is -2.03. The highest BCUT2D eigenvalue weighted by atomic mass is 16.5. The number of rotatable bonds is 4. The first-order valence-electron chi connectivity index (χ1n) is 5.87. The smallest absolute Gasteiger partial charge is 0.153 e. The molecule has 0 fully saturated rings. The number of hydrogen-bond acceptors (Lipinski definition) is 5. The number of ether oxygens (including phenoxy) is 1. The van der Waals surface area contributed by atoms with Crippen molar-refractivity contribution in [1.29, 1.82) is 0 Å². The van der Waals surface area contributed by atoms with Crippen molar-refractivity contribution in [2.45, 2.75) is 13.2 Å². The van der Waals surface area contributed by atoms with Crippen molar-refractivity contribution >= 4 is 12.5 Å². The van der Waals surface area contributed by atoms with Crippen LogP contribution in [0.5, 0.6) is 5.75 Å². The zero-order valence-electron chi connectivity index (χ0n) is 10.1. The fraction of sp³-hybridized carbons (Fsp3) is 0.143. The van der Waals surface area contributed by atoms with Crippen LogP contribution >= 0.6 is 0 Å². The van der Waals surface area contributed by atoms with Gasteiger partial charge >= 0.3 is 0 Å². The number of pyridine rings is 2. The predicted molar refractivity (Wildman–Crippen MR) is 69.5 cm³/mol. The van der Waals surface area contributed by atoms with E-state index >= 15 is 0 Å². The van der Waals surface area contributed by atoms with Gasteiger partial charge in [0.05, 0.1) is 24.0 Å². The third-order valence-electron chi connectivity index (χ3n) is 2.95. The summed E-state index contributed by atoms with van der Waals surface area (Å²) in [6.45, 7) is 0.985. The number of nitrogens with zero attached hydrogens (tertiary/aromatic N) is 3. The van der Waals surface area contributed by atoms with Crippen LogP contribution in [0.4, 0.5) is 0 Å². The number of carbonyl (C=O) groups excluding carboxylic acids is 1. The highest BCUT2D eigenvalue weighted by Gasteiger charge is 2.12. The topological polar surface area (TPSA) is 64.4 Å². The zero-order chi connectivity index (χ0) is 13.1. The van der Waals surface area contributed by atoms with Crippen LogP contribution in [0.1, 0.15) is 27.2 Å². The van der Waals surface area contributed by atoms with E-state index in [1.807, 2.05) is 12.3 Å². The number of carbonyl (C=O) groups is 1. The normalized spacial score (nSPS) is 12.2. The molecule has 3 heterocycles. The van der Waals surface area contributed by atoms with Gasteiger partial charge in [-0.1, -0.05) is 0 Å². The van der Waals surface area contributed by atoms with Crippen LogP contribution in [-0.4, -0.2) is 22.5 Å². The molecule has 1 aliphatic heterocycles. The Bertz CT molecular complexity index is 653. The quantitative estimate of drug-likeness (QED) is 0.779. The summed E-state index contributed by atoms with van der Waals surface area (Å²) < 4.78 is 5.66. The van der Waals surface area contributed by atoms with Gasteiger partial charge in [0.15, 0.2) is 6.29 Å². The van der Waals surface area contributed by atoms with Crippen molar-refractivity contribution in [2.24, 2.45) is 4.99 Å². The van der Waals surface area contributed by atoms with E-state index in [4.69, 9.17) is 4.74 Å². The summed E-state index contributed by atoms with van der Waals surface area (Å²) >= 11 is 0. The maximum Gasteiger partial charge on any atom is 0.153 e. The largest absolute Gasteiger partial charge is 0.487 e. The van der Waals surface area contributed by atoms with Crippen molar-refractivity contribution in [3.63, 3.8) is 0 Å². The van der Waals surface area contributed by atoms with Crippen LogP contribution in [0.15, 0.2) is 35.7 Å². The molecule has 0 saturated carbocycles. The summed E-state index contributed by atoms with van der Waals surface area (Å²) in [7, 11) is 0. The highest BCUT2D eigenvalue weighted by Crippen LogP contribution is 2.20. The third kappa shape index (κ3) is 2.22. The monoisotopic (exact) mass is 253 g/mol. The molecule has 0 atom stereocenters. The van der Waals surface area contributed by atoms with Crippen molar-refractivity contribution in [3.8, 4) is 5.75 Å². The Morgan fingerprint density at radius 1 is 1.32 bits per heavy atom. The van der Waals surface area contributed by atoms with E-state index in [1.165, 1.54) is 0 Å². The molecule has 1 aliphatic rings. The number of aromatic nitrogens is 2. The second-order valence-electron chi connectivity index (χ2n) is 4.12. The van der Waals surface area contributed by atoms with Crippen LogP contribution in [0.2, 0.25) is 0 Å². The number of aliphatic imine (C=N–C) groups is 1. The molecular weight excluding hydrogens is 242 g/mol. The Hall–Kier alpha value is -2.56. The SMILES string of the molecule is O=Cc1ccncc1OCc1ccnc2c1C=NC2. The molecule has 0 aliphatic carbocycles. The molecule has 0 bridgehead atoms. The summed E-state index contributed by atoms with van der Waals surface area (Å²) in [4.78, 5) is 23.3. The van der Waals surface area contributed by atoms with E-state index in [1.54, 1.807) is 24.7 Å². The second-order valence-corrected chi connectivity index (χ2v) is 4.12. The summed E-state index contributed by atoms with van der Waals surface area (Å²) in [5.41, 5.74) is 3.48. The molecule has 0 radical (unpaired) electrons. The highest BCUT2D eigenvalue weighted by molar-refractivity contribution is 5.85. The van der Waals surface area contributed by atoms with Crippen LogP contribution in [-0.2, 0) is 13.2 Å². The van der Waals surface area contributed by atoms with Gasteiger partial charge in [0, 0.05) is 29.7 Å². The lowest BCUT2D eigenvalue weighted by atomic mass is 10.1. The summed E-state index contributed by atoms with van der Waals surface area (Å²) in [5.74, 6) is 0.484. The first kappa shape index (κ1) is 11.5. The first-order valence-corrected chi connectivity index (χ1v) is 5.87. The molecule has 19 heavy (non-hydrogen) atoms. The van der Waals surface area contributed by atoms with E-state index in [0.717, 1.165) is 23.1 Å². The van der Waals surface area contributed by atoms with Crippen LogP contribution in [0, 0.1) is 0 Å². The van der Waals surface area contributed by atoms with Gasteiger partial charge in [-0.15, -0.1) is 0 Å². The van der Waals surface area contributed by atoms with E-state index < -0.39 is 0 Å². The van der Waals surface area contributed by atoms with Crippen LogP contribution in [0.25, 0.3) is 0 Å². The van der Waals surface area contributed by atoms with Gasteiger partial charge in [-0.3, -0.25) is 19.8 Å². The fourth-order valence-electron chi connectivity index (χ4n) is 1.96. The maximum absolute atomic E-state index is 10.9. The molecule has 0 saturated heterocycles. The molecule has 0 N–H and O–H groups in total. The Kier molecular flexibility index (Phi) is 3.02. The molecule has 94 valence electrons. The molecule has 0 amide bonds. The molecule has 0 aromatic carbocycles. The Labute approximate surface area is 110 Å². The number of hydrogen-bond donors (Lipinski definition) is 0. The lowest BCUT2D eigenvalue weighted by molar-refractivity contribution is 0.111. The van der Waals surface area contributed by atoms with Gasteiger partial charge in [-0.25, -0.2) is 0 Å². The van der Waals surface area contributed by atoms with Crippen molar-refractivity contribution in [1.82, 2.24) is 9.97 Å². The van der Waals surface area contributed by atoms with Crippen molar-refractivity contribution < 1.29 is 9.53 Å². The average molecular weight is 253 g/mol. The summed E-state index contributed by atoms with van der Waals surface area (Å²) in [6.07, 6.45) is 7.42. The molecule has 5 nitrogen and oxygen atoms in total. The van der Waals surface area contributed by atoms with Gasteiger partial charge in [-0.05, 0) is 12.1 Å². The molecule has 0 unspecified atom stereocenters. The first-order chi connectivity index (χ1) is 9.38.